The third kappa shape index (κ3) is 9.92. The van der Waals surface area contributed by atoms with Gasteiger partial charge in [0.25, 0.3) is 0 Å². The molecule has 1 unspecified atom stereocenters. The first-order valence-electron chi connectivity index (χ1n) is 26.2. The lowest BCUT2D eigenvalue weighted by Gasteiger charge is -2.45. The van der Waals surface area contributed by atoms with Crippen molar-refractivity contribution in [3.05, 3.63) is 121 Å². The molecular formula is C54H66N11O10P. The van der Waals surface area contributed by atoms with Crippen molar-refractivity contribution in [1.82, 2.24) is 43.7 Å². The number of rotatable bonds is 19. The first-order valence-corrected chi connectivity index (χ1v) is 27.7. The lowest BCUT2D eigenvalue weighted by molar-refractivity contribution is -0.0943. The fraction of sp³-hybridized carbons (Fsp3) is 0.481. The van der Waals surface area contributed by atoms with Gasteiger partial charge in [-0.15, -0.1) is 0 Å². The van der Waals surface area contributed by atoms with Crippen LogP contribution in [0.1, 0.15) is 99.8 Å². The molecule has 0 radical (unpaired) electrons. The molecule has 11 rings (SSSR count). The highest BCUT2D eigenvalue weighted by atomic mass is 31.2. The van der Waals surface area contributed by atoms with E-state index in [2.05, 4.69) is 34.6 Å². The Balaban J connectivity index is 0.989. The van der Waals surface area contributed by atoms with Crippen LogP contribution >= 0.6 is 7.75 Å². The van der Waals surface area contributed by atoms with Gasteiger partial charge in [-0.05, 0) is 66.6 Å². The van der Waals surface area contributed by atoms with Gasteiger partial charge < -0.3 is 45.0 Å². The maximum atomic E-state index is 16.9. The van der Waals surface area contributed by atoms with E-state index in [1.165, 1.54) is 26.1 Å². The highest BCUT2D eigenvalue weighted by Gasteiger charge is 2.53. The van der Waals surface area contributed by atoms with Crippen molar-refractivity contribution in [2.45, 2.75) is 131 Å². The molecule has 2 aliphatic heterocycles. The Labute approximate surface area is 440 Å². The Morgan fingerprint density at radius 3 is 1.76 bits per heavy atom. The molecule has 3 aromatic carbocycles. The third-order valence-corrected chi connectivity index (χ3v) is 17.8. The normalized spacial score (nSPS) is 24.6. The molecule has 4 fully saturated rings. The van der Waals surface area contributed by atoms with E-state index in [0.29, 0.717) is 33.8 Å². The van der Waals surface area contributed by atoms with Crippen LogP contribution in [-0.4, -0.2) is 126 Å². The molecule has 2 saturated heterocycles. The highest BCUT2D eigenvalue weighted by molar-refractivity contribution is 7.51. The molecule has 4 aromatic heterocycles. The van der Waals surface area contributed by atoms with Gasteiger partial charge in [-0.25, -0.2) is 39.1 Å². The Morgan fingerprint density at radius 1 is 0.671 bits per heavy atom. The van der Waals surface area contributed by atoms with Gasteiger partial charge in [0.05, 0.1) is 40.1 Å². The predicted octanol–water partition coefficient (Wildman–Crippen LogP) is 7.89. The van der Waals surface area contributed by atoms with Crippen molar-refractivity contribution >= 4 is 41.7 Å². The van der Waals surface area contributed by atoms with Gasteiger partial charge in [-0.3, -0.25) is 18.2 Å². The van der Waals surface area contributed by atoms with Crippen LogP contribution in [-0.2, 0) is 38.2 Å². The van der Waals surface area contributed by atoms with E-state index in [0.717, 1.165) is 80.9 Å². The number of ether oxygens (including phenoxy) is 6. The molecule has 2 aliphatic carbocycles. The molecule has 6 heterocycles. The second kappa shape index (κ2) is 22.5. The fourth-order valence-corrected chi connectivity index (χ4v) is 14.2. The highest BCUT2D eigenvalue weighted by Crippen LogP contribution is 2.60. The minimum Gasteiger partial charge on any atom is -0.497 e. The molecule has 0 amide bonds. The molecular weight excluding hydrogens is 994 g/mol. The van der Waals surface area contributed by atoms with Gasteiger partial charge in [0.15, 0.2) is 29.2 Å². The lowest BCUT2D eigenvalue weighted by Crippen LogP contribution is -2.45. The molecule has 7 aromatic rings. The average molecular weight is 1060 g/mol. The summed E-state index contributed by atoms with van der Waals surface area (Å²) in [6.45, 7) is -0.361. The number of imidazole rings is 2. The zero-order valence-corrected chi connectivity index (χ0v) is 43.8. The first kappa shape index (κ1) is 51.9. The number of fused-ring (bicyclic) bond motifs is 2. The van der Waals surface area contributed by atoms with E-state index < -0.39 is 56.3 Å². The molecule has 8 atom stereocenters. The molecule has 0 spiro atoms. The van der Waals surface area contributed by atoms with Crippen molar-refractivity contribution in [2.24, 2.45) is 0 Å². The number of aliphatic hydroxyl groups is 1. The van der Waals surface area contributed by atoms with E-state index in [1.807, 2.05) is 78.9 Å². The summed E-state index contributed by atoms with van der Waals surface area (Å²) in [6, 6.07) is 25.4. The van der Waals surface area contributed by atoms with Gasteiger partial charge in [0, 0.05) is 25.6 Å². The molecule has 402 valence electrons. The minimum absolute atomic E-state index is 0.0562. The minimum atomic E-state index is -4.39. The van der Waals surface area contributed by atoms with Crippen LogP contribution < -0.4 is 20.9 Å². The molecule has 0 bridgehead atoms. The van der Waals surface area contributed by atoms with E-state index >= 15 is 4.57 Å². The number of aromatic nitrogens is 8. The topological polar surface area (TPSA) is 254 Å². The van der Waals surface area contributed by atoms with Crippen LogP contribution in [0.25, 0.3) is 22.3 Å². The molecule has 5 N–H and O–H groups in total. The molecule has 21 nitrogen and oxygen atoms in total. The SMILES string of the molecule is COc1ccc(C(OC[C@H]2O[C@@H](n3cnc4c(N)ncnc43)C[C@@H]2OP(=O)(OC[C@H]2O[C@@H](n3cnc4c(N)ncnc43)[C@H](OC)[C@@H]2O)N(C2CCCCC2)C2CCCCC2)(c2ccccc2)c2ccc(OC)cc2)cc1. The van der Waals surface area contributed by atoms with Crippen molar-refractivity contribution in [2.75, 3.05) is 46.0 Å². The Morgan fingerprint density at radius 2 is 1.21 bits per heavy atom. The number of aliphatic hydroxyl groups excluding tert-OH is 1. The number of hydrogen-bond donors (Lipinski definition) is 3. The quantitative estimate of drug-likeness (QED) is 0.0514. The van der Waals surface area contributed by atoms with E-state index in [9.17, 15) is 5.11 Å². The van der Waals surface area contributed by atoms with Crippen molar-refractivity contribution in [3.8, 4) is 11.5 Å². The Bertz CT molecular complexity index is 3040. The molecule has 4 aliphatic rings. The van der Waals surface area contributed by atoms with Crippen LogP contribution in [0.5, 0.6) is 11.5 Å². The predicted molar refractivity (Wildman–Crippen MR) is 281 cm³/mol. The largest absolute Gasteiger partial charge is 0.497 e. The number of nitrogens with two attached hydrogens (primary N) is 2. The van der Waals surface area contributed by atoms with Crippen molar-refractivity contribution in [1.29, 1.82) is 0 Å². The summed E-state index contributed by atoms with van der Waals surface area (Å²) in [6.07, 6.45) is 8.94. The summed E-state index contributed by atoms with van der Waals surface area (Å²) in [5.74, 6) is 1.79. The number of hydrogen-bond acceptors (Lipinski definition) is 18. The maximum absolute atomic E-state index is 16.9. The summed E-state index contributed by atoms with van der Waals surface area (Å²) >= 11 is 0. The average Bonchev–Trinajstić information content (AvgIpc) is 4.29. The van der Waals surface area contributed by atoms with Crippen LogP contribution in [0.15, 0.2) is 104 Å². The van der Waals surface area contributed by atoms with Crippen LogP contribution in [0.4, 0.5) is 11.6 Å². The van der Waals surface area contributed by atoms with Gasteiger partial charge >= 0.3 is 7.75 Å². The molecule has 22 heteroatoms. The number of anilines is 2. The van der Waals surface area contributed by atoms with Gasteiger partial charge in [-0.1, -0.05) is 93.1 Å². The van der Waals surface area contributed by atoms with Gasteiger partial charge in [0.1, 0.15) is 77.5 Å². The summed E-state index contributed by atoms with van der Waals surface area (Å²) in [5.41, 5.74) is 15.4. The Kier molecular flexibility index (Phi) is 15.3. The fourth-order valence-electron chi connectivity index (χ4n) is 11.8. The van der Waals surface area contributed by atoms with E-state index in [4.69, 9.17) is 48.9 Å². The van der Waals surface area contributed by atoms with Crippen molar-refractivity contribution < 1.29 is 47.1 Å². The summed E-state index contributed by atoms with van der Waals surface area (Å²) < 4.78 is 75.0. The third-order valence-electron chi connectivity index (χ3n) is 15.6. The number of nitrogen functional groups attached to an aromatic ring is 2. The molecule has 76 heavy (non-hydrogen) atoms. The molecule has 2 saturated carbocycles. The van der Waals surface area contributed by atoms with Crippen molar-refractivity contribution in [3.63, 3.8) is 0 Å². The maximum Gasteiger partial charge on any atom is 0.409 e. The summed E-state index contributed by atoms with van der Waals surface area (Å²) in [5, 5.41) is 12.0. The smallest absolute Gasteiger partial charge is 0.409 e. The number of nitrogens with zero attached hydrogens (tertiary/aromatic N) is 9. The zero-order valence-electron chi connectivity index (χ0n) is 43.0. The second-order valence-corrected chi connectivity index (χ2v) is 21.8. The zero-order chi connectivity index (χ0) is 52.4. The second-order valence-electron chi connectivity index (χ2n) is 20.0. The van der Waals surface area contributed by atoms with Gasteiger partial charge in [0.2, 0.25) is 0 Å². The number of benzene rings is 3. The van der Waals surface area contributed by atoms with Crippen LogP contribution in [0.2, 0.25) is 0 Å². The Hall–Kier alpha value is -6.13. The first-order chi connectivity index (χ1) is 37.1. The van der Waals surface area contributed by atoms with E-state index in [-0.39, 0.29) is 43.4 Å². The lowest BCUT2D eigenvalue weighted by atomic mass is 9.80. The monoisotopic (exact) mass is 1060 g/mol. The standard InChI is InChI=1S/C54H66N11O10P/c1-68-39-23-19-35(20-24-39)54(34-13-7-4-8-14-34,36-21-25-40(69-2)26-22-36)71-28-42-41(27-44(73-42)63-32-61-45-49(55)57-30-59-51(45)63)75-76(67,65(37-15-9-5-10-16-37)38-17-11-6-12-18-38)72-29-43-47(66)48(70-3)53(74-43)64-33-62-46-50(56)58-31-60-52(46)64/h4,7-8,13-14,19-26,30-33,37-38,41-44,47-48,53,66H,5-6,9-12,15-18,27-29H2,1-3H3,(H2,55,57,59)(H2,56,58,60)/t41-,42+,43+,44+,47+,48+,53+,76?/m0/s1. The van der Waals surface area contributed by atoms with E-state index in [1.54, 1.807) is 29.7 Å². The summed E-state index contributed by atoms with van der Waals surface area (Å²) in [4.78, 5) is 26.3. The van der Waals surface area contributed by atoms with Gasteiger partial charge in [-0.2, -0.15) is 0 Å². The number of methoxy groups -OCH3 is 3. The van der Waals surface area contributed by atoms with Crippen LogP contribution in [0, 0.1) is 0 Å². The van der Waals surface area contributed by atoms with Crippen LogP contribution in [0.3, 0.4) is 0 Å². The summed E-state index contributed by atoms with van der Waals surface area (Å²) in [7, 11) is 0.374.